The molecular formula is C18H16FN3OS. The molecule has 4 nitrogen and oxygen atoms in total. The summed E-state index contributed by atoms with van der Waals surface area (Å²) in [4.78, 5) is 16.6. The van der Waals surface area contributed by atoms with Gasteiger partial charge < -0.3 is 5.32 Å². The Morgan fingerprint density at radius 2 is 1.88 bits per heavy atom. The zero-order valence-electron chi connectivity index (χ0n) is 13.0. The summed E-state index contributed by atoms with van der Waals surface area (Å²) < 4.78 is 15.6. The fraction of sp³-hybridized carbons (Fsp3) is 0.111. The van der Waals surface area contributed by atoms with Crippen molar-refractivity contribution >= 4 is 23.4 Å². The van der Waals surface area contributed by atoms with Crippen LogP contribution in [0, 0.1) is 5.82 Å². The second kappa shape index (κ2) is 7.31. The lowest BCUT2D eigenvalue weighted by Gasteiger charge is -2.13. The van der Waals surface area contributed by atoms with E-state index in [2.05, 4.69) is 10.3 Å². The number of benzene rings is 2. The predicted molar refractivity (Wildman–Crippen MR) is 93.9 cm³/mol. The molecule has 1 atom stereocenters. The number of rotatable bonds is 5. The number of imidazole rings is 1. The van der Waals surface area contributed by atoms with Gasteiger partial charge in [0, 0.05) is 18.1 Å². The van der Waals surface area contributed by atoms with E-state index in [1.807, 2.05) is 41.1 Å². The molecule has 1 amide bonds. The van der Waals surface area contributed by atoms with Gasteiger partial charge in [-0.15, -0.1) is 0 Å². The van der Waals surface area contributed by atoms with Crippen molar-refractivity contribution in [2.75, 3.05) is 5.32 Å². The number of thioether (sulfide) groups is 1. The average Bonchev–Trinajstić information content (AvgIpc) is 3.05. The number of amides is 1. The van der Waals surface area contributed by atoms with Gasteiger partial charge in [-0.3, -0.25) is 9.36 Å². The number of hydrogen-bond donors (Lipinski definition) is 1. The molecule has 3 aromatic rings. The third-order valence-electron chi connectivity index (χ3n) is 3.42. The lowest BCUT2D eigenvalue weighted by atomic mass is 10.3. The maximum atomic E-state index is 13.6. The molecule has 0 aliphatic heterocycles. The molecule has 0 fully saturated rings. The highest BCUT2D eigenvalue weighted by molar-refractivity contribution is 8.00. The summed E-state index contributed by atoms with van der Waals surface area (Å²) in [6, 6.07) is 15.9. The minimum Gasteiger partial charge on any atom is -0.323 e. The monoisotopic (exact) mass is 341 g/mol. The molecule has 0 aliphatic rings. The number of carbonyl (C=O) groups is 1. The van der Waals surface area contributed by atoms with Gasteiger partial charge in [0.2, 0.25) is 5.91 Å². The molecule has 0 saturated heterocycles. The third kappa shape index (κ3) is 3.65. The maximum absolute atomic E-state index is 13.6. The Kier molecular flexibility index (Phi) is 4.96. The lowest BCUT2D eigenvalue weighted by molar-refractivity contribution is -0.115. The minimum absolute atomic E-state index is 0.182. The van der Waals surface area contributed by atoms with Gasteiger partial charge in [0.1, 0.15) is 5.82 Å². The summed E-state index contributed by atoms with van der Waals surface area (Å²) in [7, 11) is 0. The number of nitrogens with one attached hydrogen (secondary N) is 1. The largest absolute Gasteiger partial charge is 0.323 e. The fourth-order valence-corrected chi connectivity index (χ4v) is 3.05. The fourth-order valence-electron chi connectivity index (χ4n) is 2.17. The average molecular weight is 341 g/mol. The molecule has 2 aromatic carbocycles. The highest BCUT2D eigenvalue weighted by Gasteiger charge is 2.18. The smallest absolute Gasteiger partial charge is 0.237 e. The number of nitrogens with zero attached hydrogens (tertiary/aromatic N) is 2. The first-order chi connectivity index (χ1) is 11.6. The first kappa shape index (κ1) is 16.3. The van der Waals surface area contributed by atoms with E-state index in [1.54, 1.807) is 25.3 Å². The Bertz CT molecular complexity index is 835. The van der Waals surface area contributed by atoms with Crippen LogP contribution in [0.5, 0.6) is 0 Å². The van der Waals surface area contributed by atoms with Crippen molar-refractivity contribution in [2.45, 2.75) is 17.3 Å². The molecular weight excluding hydrogens is 325 g/mol. The van der Waals surface area contributed by atoms with E-state index in [-0.39, 0.29) is 11.6 Å². The second-order valence-corrected chi connectivity index (χ2v) is 6.45. The number of anilines is 1. The second-order valence-electron chi connectivity index (χ2n) is 5.14. The van der Waals surface area contributed by atoms with Crippen LogP contribution < -0.4 is 5.32 Å². The van der Waals surface area contributed by atoms with E-state index in [9.17, 15) is 9.18 Å². The molecule has 0 saturated carbocycles. The van der Waals surface area contributed by atoms with E-state index < -0.39 is 11.1 Å². The van der Waals surface area contributed by atoms with Crippen LogP contribution in [0.3, 0.4) is 0 Å². The van der Waals surface area contributed by atoms with Gasteiger partial charge in [0.15, 0.2) is 5.16 Å². The Labute approximate surface area is 143 Å². The van der Waals surface area contributed by atoms with E-state index in [0.717, 1.165) is 5.69 Å². The van der Waals surface area contributed by atoms with Crippen LogP contribution in [0.1, 0.15) is 6.92 Å². The maximum Gasteiger partial charge on any atom is 0.237 e. The van der Waals surface area contributed by atoms with Gasteiger partial charge in [-0.25, -0.2) is 9.37 Å². The first-order valence-electron chi connectivity index (χ1n) is 7.46. The number of aromatic nitrogens is 2. The van der Waals surface area contributed by atoms with Crippen molar-refractivity contribution in [1.82, 2.24) is 9.55 Å². The number of halogens is 1. The highest BCUT2D eigenvalue weighted by atomic mass is 32.2. The van der Waals surface area contributed by atoms with E-state index in [4.69, 9.17) is 0 Å². The summed E-state index contributed by atoms with van der Waals surface area (Å²) in [6.45, 7) is 1.77. The SMILES string of the molecule is C[C@H](Sc1nccn1-c1ccccc1)C(=O)Nc1ccccc1F. The summed E-state index contributed by atoms with van der Waals surface area (Å²) in [5.41, 5.74) is 1.15. The molecule has 0 aliphatic carbocycles. The molecule has 0 bridgehead atoms. The van der Waals surface area contributed by atoms with Crippen molar-refractivity contribution in [3.8, 4) is 5.69 Å². The highest BCUT2D eigenvalue weighted by Crippen LogP contribution is 2.25. The normalized spacial score (nSPS) is 11.9. The van der Waals surface area contributed by atoms with Gasteiger partial charge in [-0.05, 0) is 31.2 Å². The molecule has 3 rings (SSSR count). The molecule has 1 aromatic heterocycles. The molecule has 0 radical (unpaired) electrons. The van der Waals surface area contributed by atoms with Gasteiger partial charge in [-0.1, -0.05) is 42.1 Å². The first-order valence-corrected chi connectivity index (χ1v) is 8.34. The summed E-state index contributed by atoms with van der Waals surface area (Å²) >= 11 is 1.32. The number of carbonyl (C=O) groups excluding carboxylic acids is 1. The van der Waals surface area contributed by atoms with E-state index in [0.29, 0.717) is 5.16 Å². The summed E-state index contributed by atoms with van der Waals surface area (Å²) in [5.74, 6) is -0.721. The zero-order valence-corrected chi connectivity index (χ0v) is 13.8. The Morgan fingerprint density at radius 3 is 2.62 bits per heavy atom. The molecule has 0 unspecified atom stereocenters. The van der Waals surface area contributed by atoms with Crippen LogP contribution in [0.2, 0.25) is 0 Å². The number of hydrogen-bond acceptors (Lipinski definition) is 3. The van der Waals surface area contributed by atoms with Gasteiger partial charge in [-0.2, -0.15) is 0 Å². The van der Waals surface area contributed by atoms with Crippen LogP contribution in [-0.4, -0.2) is 20.7 Å². The van der Waals surface area contributed by atoms with Crippen LogP contribution in [0.25, 0.3) is 5.69 Å². The van der Waals surface area contributed by atoms with E-state index >= 15 is 0 Å². The van der Waals surface area contributed by atoms with Gasteiger partial charge in [0.05, 0.1) is 10.9 Å². The Morgan fingerprint density at radius 1 is 1.17 bits per heavy atom. The van der Waals surface area contributed by atoms with Crippen LogP contribution >= 0.6 is 11.8 Å². The zero-order chi connectivity index (χ0) is 16.9. The van der Waals surface area contributed by atoms with Crippen molar-refractivity contribution in [3.63, 3.8) is 0 Å². The molecule has 122 valence electrons. The Balaban J connectivity index is 1.72. The number of para-hydroxylation sites is 2. The Hall–Kier alpha value is -2.60. The van der Waals surface area contributed by atoms with Gasteiger partial charge >= 0.3 is 0 Å². The standard InChI is InChI=1S/C18H16FN3OS/c1-13(17(23)21-16-10-6-5-9-15(16)19)24-18-20-11-12-22(18)14-7-3-2-4-8-14/h2-13H,1H3,(H,21,23)/t13-/m0/s1. The summed E-state index contributed by atoms with van der Waals surface area (Å²) in [6.07, 6.45) is 3.54. The molecule has 0 spiro atoms. The van der Waals surface area contributed by atoms with Crippen LogP contribution in [-0.2, 0) is 4.79 Å². The summed E-state index contributed by atoms with van der Waals surface area (Å²) in [5, 5.41) is 2.89. The van der Waals surface area contributed by atoms with Crippen molar-refractivity contribution in [3.05, 3.63) is 72.8 Å². The van der Waals surface area contributed by atoms with Crippen molar-refractivity contribution < 1.29 is 9.18 Å². The lowest BCUT2D eigenvalue weighted by Crippen LogP contribution is -2.23. The van der Waals surface area contributed by atoms with Crippen LogP contribution in [0.15, 0.2) is 72.1 Å². The predicted octanol–water partition coefficient (Wildman–Crippen LogP) is 4.13. The molecule has 1 heterocycles. The quantitative estimate of drug-likeness (QED) is 0.710. The molecule has 6 heteroatoms. The van der Waals surface area contributed by atoms with Crippen LogP contribution in [0.4, 0.5) is 10.1 Å². The molecule has 24 heavy (non-hydrogen) atoms. The third-order valence-corrected chi connectivity index (χ3v) is 4.50. The minimum atomic E-state index is -0.450. The topological polar surface area (TPSA) is 46.9 Å². The van der Waals surface area contributed by atoms with Crippen molar-refractivity contribution in [2.24, 2.45) is 0 Å². The van der Waals surface area contributed by atoms with Gasteiger partial charge in [0.25, 0.3) is 0 Å². The van der Waals surface area contributed by atoms with E-state index in [1.165, 1.54) is 23.9 Å². The van der Waals surface area contributed by atoms with Crippen molar-refractivity contribution in [1.29, 1.82) is 0 Å². The molecule has 1 N–H and O–H groups in total.